The van der Waals surface area contributed by atoms with Gasteiger partial charge in [-0.3, -0.25) is 4.79 Å². The standard InChI is InChI=1S/C18H27N3O3/c22-16(12-17(23)7-3-1-4-8-17)20-13-18(24)9-11-21(14-18)15-6-2-5-10-19-15/h2,5-6,10,23-24H,1,3-4,7-9,11-14H2,(H,20,22). The van der Waals surface area contributed by atoms with Gasteiger partial charge < -0.3 is 20.4 Å². The molecule has 1 aliphatic carbocycles. The molecule has 1 atom stereocenters. The molecule has 2 fully saturated rings. The Labute approximate surface area is 142 Å². The molecule has 1 unspecified atom stereocenters. The Kier molecular flexibility index (Phi) is 5.06. The van der Waals surface area contributed by atoms with E-state index >= 15 is 0 Å². The van der Waals surface area contributed by atoms with E-state index in [-0.39, 0.29) is 18.9 Å². The van der Waals surface area contributed by atoms with Gasteiger partial charge >= 0.3 is 0 Å². The van der Waals surface area contributed by atoms with Crippen molar-refractivity contribution < 1.29 is 15.0 Å². The van der Waals surface area contributed by atoms with Crippen LogP contribution in [0.3, 0.4) is 0 Å². The predicted octanol–water partition coefficient (Wildman–Crippen LogP) is 1.22. The van der Waals surface area contributed by atoms with Gasteiger partial charge in [0.2, 0.25) is 5.91 Å². The Morgan fingerprint density at radius 1 is 1.17 bits per heavy atom. The Hall–Kier alpha value is -1.66. The van der Waals surface area contributed by atoms with Crippen LogP contribution in [0.1, 0.15) is 44.9 Å². The Morgan fingerprint density at radius 3 is 2.67 bits per heavy atom. The van der Waals surface area contributed by atoms with Crippen LogP contribution < -0.4 is 10.2 Å². The van der Waals surface area contributed by atoms with E-state index in [0.29, 0.717) is 32.4 Å². The molecule has 1 saturated carbocycles. The van der Waals surface area contributed by atoms with E-state index in [9.17, 15) is 15.0 Å². The maximum Gasteiger partial charge on any atom is 0.222 e. The summed E-state index contributed by atoms with van der Waals surface area (Å²) in [6.45, 7) is 1.38. The minimum Gasteiger partial charge on any atom is -0.389 e. The second-order valence-corrected chi connectivity index (χ2v) is 7.32. The maximum absolute atomic E-state index is 12.2. The van der Waals surface area contributed by atoms with Crippen LogP contribution >= 0.6 is 0 Å². The maximum atomic E-state index is 12.2. The molecule has 1 aliphatic heterocycles. The summed E-state index contributed by atoms with van der Waals surface area (Å²) in [5.74, 6) is 0.667. The molecule has 2 heterocycles. The van der Waals surface area contributed by atoms with Crippen LogP contribution in [0, 0.1) is 0 Å². The van der Waals surface area contributed by atoms with Crippen LogP contribution in [0.2, 0.25) is 0 Å². The predicted molar refractivity (Wildman–Crippen MR) is 91.7 cm³/mol. The van der Waals surface area contributed by atoms with E-state index in [2.05, 4.69) is 10.3 Å². The Balaban J connectivity index is 1.48. The third-order valence-corrected chi connectivity index (χ3v) is 5.19. The van der Waals surface area contributed by atoms with Crippen molar-refractivity contribution in [3.8, 4) is 0 Å². The molecular weight excluding hydrogens is 306 g/mol. The number of amides is 1. The molecule has 1 aromatic rings. The number of nitrogens with zero attached hydrogens (tertiary/aromatic N) is 2. The second kappa shape index (κ2) is 7.07. The summed E-state index contributed by atoms with van der Waals surface area (Å²) in [4.78, 5) is 18.5. The molecule has 0 radical (unpaired) electrons. The largest absolute Gasteiger partial charge is 0.389 e. The summed E-state index contributed by atoms with van der Waals surface area (Å²) in [7, 11) is 0. The van der Waals surface area contributed by atoms with E-state index < -0.39 is 11.2 Å². The molecule has 24 heavy (non-hydrogen) atoms. The summed E-state index contributed by atoms with van der Waals surface area (Å²) in [6.07, 6.45) is 6.93. The zero-order valence-corrected chi connectivity index (χ0v) is 14.1. The van der Waals surface area contributed by atoms with Crippen LogP contribution in [-0.2, 0) is 4.79 Å². The average molecular weight is 333 g/mol. The summed E-state index contributed by atoms with van der Waals surface area (Å²) < 4.78 is 0. The van der Waals surface area contributed by atoms with Gasteiger partial charge in [-0.15, -0.1) is 0 Å². The quantitative estimate of drug-likeness (QED) is 0.754. The van der Waals surface area contributed by atoms with Gasteiger partial charge in [0.15, 0.2) is 0 Å². The van der Waals surface area contributed by atoms with Crippen LogP contribution in [0.4, 0.5) is 5.82 Å². The van der Waals surface area contributed by atoms with Gasteiger partial charge in [-0.2, -0.15) is 0 Å². The normalized spacial score (nSPS) is 26.3. The number of aromatic nitrogens is 1. The fourth-order valence-electron chi connectivity index (χ4n) is 3.75. The van der Waals surface area contributed by atoms with Crippen molar-refractivity contribution >= 4 is 11.7 Å². The topological polar surface area (TPSA) is 85.7 Å². The minimum absolute atomic E-state index is 0.132. The summed E-state index contributed by atoms with van der Waals surface area (Å²) in [5, 5.41) is 24.0. The zero-order chi connectivity index (χ0) is 17.0. The van der Waals surface area contributed by atoms with Crippen molar-refractivity contribution in [3.63, 3.8) is 0 Å². The van der Waals surface area contributed by atoms with Crippen LogP contribution in [0.25, 0.3) is 0 Å². The van der Waals surface area contributed by atoms with Crippen molar-refractivity contribution in [2.75, 3.05) is 24.5 Å². The SMILES string of the molecule is O=C(CC1(O)CCCCC1)NCC1(O)CCN(c2ccccn2)C1. The second-order valence-electron chi connectivity index (χ2n) is 7.32. The van der Waals surface area contributed by atoms with Gasteiger partial charge in [-0.1, -0.05) is 25.3 Å². The number of anilines is 1. The molecule has 0 aromatic carbocycles. The lowest BCUT2D eigenvalue weighted by atomic mass is 9.82. The van der Waals surface area contributed by atoms with E-state index in [1.54, 1.807) is 6.20 Å². The summed E-state index contributed by atoms with van der Waals surface area (Å²) in [5.41, 5.74) is -1.80. The molecule has 6 heteroatoms. The third-order valence-electron chi connectivity index (χ3n) is 5.19. The Bertz CT molecular complexity index is 560. The molecule has 3 rings (SSSR count). The lowest BCUT2D eigenvalue weighted by Crippen LogP contribution is -2.47. The summed E-state index contributed by atoms with van der Waals surface area (Å²) >= 11 is 0. The molecule has 0 bridgehead atoms. The molecule has 1 saturated heterocycles. The Morgan fingerprint density at radius 2 is 1.96 bits per heavy atom. The number of carbonyl (C=O) groups excluding carboxylic acids is 1. The van der Waals surface area contributed by atoms with Crippen molar-refractivity contribution in [2.24, 2.45) is 0 Å². The smallest absolute Gasteiger partial charge is 0.222 e. The van der Waals surface area contributed by atoms with E-state index in [0.717, 1.165) is 25.1 Å². The lowest BCUT2D eigenvalue weighted by molar-refractivity contribution is -0.128. The van der Waals surface area contributed by atoms with Crippen LogP contribution in [0.15, 0.2) is 24.4 Å². The number of nitrogens with one attached hydrogen (secondary N) is 1. The molecule has 6 nitrogen and oxygen atoms in total. The number of aliphatic hydroxyl groups is 2. The van der Waals surface area contributed by atoms with Gasteiger partial charge in [-0.25, -0.2) is 4.98 Å². The molecule has 1 aromatic heterocycles. The first-order valence-corrected chi connectivity index (χ1v) is 8.86. The number of rotatable bonds is 5. The number of pyridine rings is 1. The van der Waals surface area contributed by atoms with Crippen molar-refractivity contribution in [3.05, 3.63) is 24.4 Å². The van der Waals surface area contributed by atoms with Gasteiger partial charge in [0.25, 0.3) is 0 Å². The zero-order valence-electron chi connectivity index (χ0n) is 14.1. The van der Waals surface area contributed by atoms with E-state index in [1.165, 1.54) is 0 Å². The highest BCUT2D eigenvalue weighted by Gasteiger charge is 2.38. The molecular formula is C18H27N3O3. The molecule has 132 valence electrons. The van der Waals surface area contributed by atoms with Crippen molar-refractivity contribution in [2.45, 2.75) is 56.1 Å². The number of hydrogen-bond acceptors (Lipinski definition) is 5. The minimum atomic E-state index is -0.942. The van der Waals surface area contributed by atoms with Crippen molar-refractivity contribution in [1.29, 1.82) is 0 Å². The number of β-amino-alcohol motifs (C(OH)–C–C–N with tert-alkyl or cyclic N) is 1. The number of hydrogen-bond donors (Lipinski definition) is 3. The monoisotopic (exact) mass is 333 g/mol. The fraction of sp³-hybridized carbons (Fsp3) is 0.667. The van der Waals surface area contributed by atoms with E-state index in [4.69, 9.17) is 0 Å². The summed E-state index contributed by atoms with van der Waals surface area (Å²) in [6, 6.07) is 5.71. The van der Waals surface area contributed by atoms with Gasteiger partial charge in [-0.05, 0) is 31.4 Å². The highest BCUT2D eigenvalue weighted by Crippen LogP contribution is 2.31. The van der Waals surface area contributed by atoms with Gasteiger partial charge in [0.05, 0.1) is 12.0 Å². The molecule has 1 amide bonds. The third kappa shape index (κ3) is 4.24. The van der Waals surface area contributed by atoms with Gasteiger partial charge in [0.1, 0.15) is 11.4 Å². The number of carbonyl (C=O) groups is 1. The van der Waals surface area contributed by atoms with Crippen molar-refractivity contribution in [1.82, 2.24) is 10.3 Å². The molecule has 0 spiro atoms. The molecule has 3 N–H and O–H groups in total. The molecule has 2 aliphatic rings. The van der Waals surface area contributed by atoms with Crippen LogP contribution in [0.5, 0.6) is 0 Å². The first kappa shape index (κ1) is 17.2. The highest BCUT2D eigenvalue weighted by atomic mass is 16.3. The van der Waals surface area contributed by atoms with Crippen LogP contribution in [-0.4, -0.2) is 51.9 Å². The van der Waals surface area contributed by atoms with Gasteiger partial charge in [0, 0.05) is 25.8 Å². The fourth-order valence-corrected chi connectivity index (χ4v) is 3.75. The lowest BCUT2D eigenvalue weighted by Gasteiger charge is -2.32. The average Bonchev–Trinajstić information content (AvgIpc) is 2.97. The van der Waals surface area contributed by atoms with E-state index in [1.807, 2.05) is 23.1 Å². The highest BCUT2D eigenvalue weighted by molar-refractivity contribution is 5.77. The first-order chi connectivity index (χ1) is 11.5. The first-order valence-electron chi connectivity index (χ1n) is 8.86.